The maximum atomic E-state index is 13.2. The van der Waals surface area contributed by atoms with E-state index in [1.165, 1.54) is 30.3 Å². The first-order valence-corrected chi connectivity index (χ1v) is 7.10. The number of carbonyl (C=O) groups excluding carboxylic acids is 1. The van der Waals surface area contributed by atoms with E-state index in [1.807, 2.05) is 0 Å². The number of nitrogens with one attached hydrogen (secondary N) is 3. The quantitative estimate of drug-likeness (QED) is 0.670. The lowest BCUT2D eigenvalue weighted by Gasteiger charge is -2.07. The SMILES string of the molecule is O=C(Nc1ccc(F)c(Cl)c1)c1n[nH]nc1Nc1cccc(F)c1. The third kappa shape index (κ3) is 3.49. The van der Waals surface area contributed by atoms with Crippen molar-refractivity contribution in [2.75, 3.05) is 10.6 Å². The first kappa shape index (κ1) is 15.9. The van der Waals surface area contributed by atoms with Crippen LogP contribution in [0.15, 0.2) is 42.5 Å². The van der Waals surface area contributed by atoms with Crippen molar-refractivity contribution < 1.29 is 13.6 Å². The van der Waals surface area contributed by atoms with Gasteiger partial charge in [0.2, 0.25) is 0 Å². The topological polar surface area (TPSA) is 82.7 Å². The summed E-state index contributed by atoms with van der Waals surface area (Å²) in [7, 11) is 0. The zero-order valence-electron chi connectivity index (χ0n) is 12.0. The van der Waals surface area contributed by atoms with E-state index in [0.717, 1.165) is 6.07 Å². The van der Waals surface area contributed by atoms with Crippen LogP contribution in [0.1, 0.15) is 10.5 Å². The predicted octanol–water partition coefficient (Wildman–Crippen LogP) is 3.73. The summed E-state index contributed by atoms with van der Waals surface area (Å²) in [6.07, 6.45) is 0. The van der Waals surface area contributed by atoms with Crippen molar-refractivity contribution in [3.05, 3.63) is 64.8 Å². The van der Waals surface area contributed by atoms with Gasteiger partial charge in [0.15, 0.2) is 11.5 Å². The minimum atomic E-state index is -0.593. The molecule has 0 saturated carbocycles. The Bertz CT molecular complexity index is 899. The molecule has 3 N–H and O–H groups in total. The van der Waals surface area contributed by atoms with Gasteiger partial charge in [0, 0.05) is 11.4 Å². The number of aromatic nitrogens is 3. The number of hydrogen-bond donors (Lipinski definition) is 3. The summed E-state index contributed by atoms with van der Waals surface area (Å²) in [4.78, 5) is 12.3. The molecule has 1 heterocycles. The predicted molar refractivity (Wildman–Crippen MR) is 85.4 cm³/mol. The molecule has 0 fully saturated rings. The van der Waals surface area contributed by atoms with Gasteiger partial charge in [-0.05, 0) is 36.4 Å². The third-order valence-corrected chi connectivity index (χ3v) is 3.32. The Morgan fingerprint density at radius 3 is 2.67 bits per heavy atom. The Morgan fingerprint density at radius 1 is 1.08 bits per heavy atom. The number of anilines is 3. The summed E-state index contributed by atoms with van der Waals surface area (Å²) in [6.45, 7) is 0. The van der Waals surface area contributed by atoms with Crippen LogP contribution in [0.25, 0.3) is 0 Å². The van der Waals surface area contributed by atoms with Crippen LogP contribution in [-0.4, -0.2) is 21.3 Å². The van der Waals surface area contributed by atoms with Crippen LogP contribution in [0.4, 0.5) is 26.0 Å². The van der Waals surface area contributed by atoms with Gasteiger partial charge in [0.25, 0.3) is 5.91 Å². The van der Waals surface area contributed by atoms with Crippen molar-refractivity contribution in [3.63, 3.8) is 0 Å². The summed E-state index contributed by atoms with van der Waals surface area (Å²) >= 11 is 5.67. The second kappa shape index (κ2) is 6.63. The van der Waals surface area contributed by atoms with Crippen LogP contribution in [0, 0.1) is 11.6 Å². The van der Waals surface area contributed by atoms with E-state index in [1.54, 1.807) is 6.07 Å². The van der Waals surface area contributed by atoms with Crippen molar-refractivity contribution >= 4 is 34.7 Å². The molecule has 0 saturated heterocycles. The Morgan fingerprint density at radius 2 is 1.92 bits per heavy atom. The van der Waals surface area contributed by atoms with Crippen molar-refractivity contribution in [3.8, 4) is 0 Å². The molecule has 0 atom stereocenters. The van der Waals surface area contributed by atoms with Crippen molar-refractivity contribution in [2.45, 2.75) is 0 Å². The molecule has 3 rings (SSSR count). The highest BCUT2D eigenvalue weighted by molar-refractivity contribution is 6.31. The Labute approximate surface area is 139 Å². The minimum absolute atomic E-state index is 0.0419. The lowest BCUT2D eigenvalue weighted by atomic mass is 10.3. The minimum Gasteiger partial charge on any atom is -0.337 e. The number of H-pyrrole nitrogens is 1. The third-order valence-electron chi connectivity index (χ3n) is 3.03. The number of benzene rings is 2. The van der Waals surface area contributed by atoms with Crippen LogP contribution in [0.5, 0.6) is 0 Å². The summed E-state index contributed by atoms with van der Waals surface area (Å²) in [5.41, 5.74) is 0.661. The van der Waals surface area contributed by atoms with E-state index < -0.39 is 17.5 Å². The Kier molecular flexibility index (Phi) is 4.39. The first-order valence-electron chi connectivity index (χ1n) is 6.72. The lowest BCUT2D eigenvalue weighted by molar-refractivity contribution is 0.102. The fourth-order valence-electron chi connectivity index (χ4n) is 1.94. The monoisotopic (exact) mass is 349 g/mol. The summed E-state index contributed by atoms with van der Waals surface area (Å²) < 4.78 is 26.3. The number of carbonyl (C=O) groups is 1. The van der Waals surface area contributed by atoms with Crippen LogP contribution in [0.3, 0.4) is 0 Å². The second-order valence-corrected chi connectivity index (χ2v) is 5.15. The van der Waals surface area contributed by atoms with E-state index in [-0.39, 0.29) is 16.5 Å². The standard InChI is InChI=1S/C15H10ClF2N5O/c16-11-7-10(4-5-12(11)18)20-15(24)13-14(22-23-21-13)19-9-3-1-2-8(17)6-9/h1-7H,(H,20,24)(H2,19,21,22,23). The van der Waals surface area contributed by atoms with Crippen LogP contribution >= 0.6 is 11.6 Å². The van der Waals surface area contributed by atoms with Gasteiger partial charge in [0.1, 0.15) is 11.6 Å². The molecular formula is C15H10ClF2N5O. The molecule has 0 unspecified atom stereocenters. The molecule has 122 valence electrons. The molecule has 6 nitrogen and oxygen atoms in total. The van der Waals surface area contributed by atoms with Crippen LogP contribution in [-0.2, 0) is 0 Å². The Balaban J connectivity index is 1.78. The molecule has 0 aliphatic heterocycles. The van der Waals surface area contributed by atoms with Gasteiger partial charge >= 0.3 is 0 Å². The van der Waals surface area contributed by atoms with E-state index in [0.29, 0.717) is 11.4 Å². The molecule has 2 aromatic carbocycles. The van der Waals surface area contributed by atoms with Gasteiger partial charge in [-0.2, -0.15) is 5.21 Å². The molecule has 0 spiro atoms. The zero-order chi connectivity index (χ0) is 17.1. The summed E-state index contributed by atoms with van der Waals surface area (Å²) in [5, 5.41) is 15.1. The molecule has 3 aromatic rings. The van der Waals surface area contributed by atoms with Crippen LogP contribution in [0.2, 0.25) is 5.02 Å². The molecule has 0 bridgehead atoms. The average Bonchev–Trinajstić information content (AvgIpc) is 2.99. The zero-order valence-corrected chi connectivity index (χ0v) is 12.7. The van der Waals surface area contributed by atoms with E-state index in [2.05, 4.69) is 26.0 Å². The molecule has 0 aliphatic carbocycles. The number of halogens is 3. The van der Waals surface area contributed by atoms with Gasteiger partial charge in [-0.15, -0.1) is 10.2 Å². The lowest BCUT2D eigenvalue weighted by Crippen LogP contribution is -2.14. The van der Waals surface area contributed by atoms with Gasteiger partial charge in [-0.1, -0.05) is 17.7 Å². The number of amides is 1. The number of rotatable bonds is 4. The Hall–Kier alpha value is -3.00. The van der Waals surface area contributed by atoms with Crippen molar-refractivity contribution in [1.29, 1.82) is 0 Å². The van der Waals surface area contributed by atoms with Gasteiger partial charge in [-0.3, -0.25) is 4.79 Å². The highest BCUT2D eigenvalue weighted by atomic mass is 35.5. The number of hydrogen-bond acceptors (Lipinski definition) is 4. The van der Waals surface area contributed by atoms with Crippen molar-refractivity contribution in [2.24, 2.45) is 0 Å². The average molecular weight is 350 g/mol. The number of nitrogens with zero attached hydrogens (tertiary/aromatic N) is 2. The number of aromatic amines is 1. The highest BCUT2D eigenvalue weighted by Crippen LogP contribution is 2.21. The second-order valence-electron chi connectivity index (χ2n) is 4.74. The summed E-state index contributed by atoms with van der Waals surface area (Å²) in [6, 6.07) is 9.42. The van der Waals surface area contributed by atoms with Gasteiger partial charge < -0.3 is 10.6 Å². The summed E-state index contributed by atoms with van der Waals surface area (Å²) in [5.74, 6) is -1.50. The first-order chi connectivity index (χ1) is 11.5. The van der Waals surface area contributed by atoms with E-state index in [4.69, 9.17) is 11.6 Å². The molecule has 1 aromatic heterocycles. The molecule has 24 heavy (non-hydrogen) atoms. The molecule has 0 radical (unpaired) electrons. The molecule has 1 amide bonds. The fraction of sp³-hybridized carbons (Fsp3) is 0. The largest absolute Gasteiger partial charge is 0.337 e. The maximum absolute atomic E-state index is 13.2. The highest BCUT2D eigenvalue weighted by Gasteiger charge is 2.17. The molecular weight excluding hydrogens is 340 g/mol. The smallest absolute Gasteiger partial charge is 0.280 e. The normalized spacial score (nSPS) is 10.5. The fourth-order valence-corrected chi connectivity index (χ4v) is 2.12. The van der Waals surface area contributed by atoms with Gasteiger partial charge in [0.05, 0.1) is 5.02 Å². The molecule has 9 heteroatoms. The maximum Gasteiger partial charge on any atom is 0.280 e. The molecule has 0 aliphatic rings. The van der Waals surface area contributed by atoms with Gasteiger partial charge in [-0.25, -0.2) is 8.78 Å². The van der Waals surface area contributed by atoms with Crippen LogP contribution < -0.4 is 10.6 Å². The van der Waals surface area contributed by atoms with E-state index in [9.17, 15) is 13.6 Å². The van der Waals surface area contributed by atoms with Crippen molar-refractivity contribution in [1.82, 2.24) is 15.4 Å². The van der Waals surface area contributed by atoms with E-state index >= 15 is 0 Å².